The summed E-state index contributed by atoms with van der Waals surface area (Å²) >= 11 is 0. The molecule has 1 aromatic rings. The Labute approximate surface area is 108 Å². The molecule has 2 N–H and O–H groups in total. The lowest BCUT2D eigenvalue weighted by molar-refractivity contribution is 0.0867. The van der Waals surface area contributed by atoms with Gasteiger partial charge in [0.05, 0.1) is 6.61 Å². The minimum atomic E-state index is -0.680. The molecule has 1 saturated carbocycles. The Morgan fingerprint density at radius 2 is 2.28 bits per heavy atom. The second kappa shape index (κ2) is 5.36. The van der Waals surface area contributed by atoms with Gasteiger partial charge in [-0.25, -0.2) is 0 Å². The first-order chi connectivity index (χ1) is 8.54. The molecule has 1 heterocycles. The predicted molar refractivity (Wildman–Crippen MR) is 68.1 cm³/mol. The van der Waals surface area contributed by atoms with Crippen molar-refractivity contribution >= 4 is 0 Å². The molecule has 1 fully saturated rings. The van der Waals surface area contributed by atoms with Crippen molar-refractivity contribution in [1.29, 1.82) is 0 Å². The second-order valence-electron chi connectivity index (χ2n) is 5.55. The summed E-state index contributed by atoms with van der Waals surface area (Å²) in [5.41, 5.74) is 5.49. The van der Waals surface area contributed by atoms with Crippen LogP contribution >= 0.6 is 0 Å². The SMILES string of the molecule is CCCOCC(C)(N)c1noc(C(C)C2CC2)n1. The maximum absolute atomic E-state index is 6.17. The molecule has 0 bridgehead atoms. The molecule has 1 aromatic heterocycles. The highest BCUT2D eigenvalue weighted by atomic mass is 16.5. The van der Waals surface area contributed by atoms with Crippen LogP contribution in [0.15, 0.2) is 4.52 Å². The molecular formula is C13H23N3O2. The zero-order chi connectivity index (χ0) is 13.2. The topological polar surface area (TPSA) is 74.2 Å². The molecule has 18 heavy (non-hydrogen) atoms. The van der Waals surface area contributed by atoms with Crippen molar-refractivity contribution in [3.05, 3.63) is 11.7 Å². The van der Waals surface area contributed by atoms with Crippen molar-refractivity contribution in [3.8, 4) is 0 Å². The maximum atomic E-state index is 6.17. The molecule has 0 radical (unpaired) electrons. The minimum absolute atomic E-state index is 0.346. The van der Waals surface area contributed by atoms with Crippen molar-refractivity contribution in [2.75, 3.05) is 13.2 Å². The lowest BCUT2D eigenvalue weighted by Gasteiger charge is -2.19. The molecule has 0 amide bonds. The molecule has 0 aromatic carbocycles. The molecule has 2 rings (SSSR count). The molecule has 0 saturated heterocycles. The lowest BCUT2D eigenvalue weighted by atomic mass is 10.0. The first-order valence-electron chi connectivity index (χ1n) is 6.75. The van der Waals surface area contributed by atoms with E-state index in [1.54, 1.807) is 0 Å². The van der Waals surface area contributed by atoms with Crippen LogP contribution in [0.5, 0.6) is 0 Å². The van der Waals surface area contributed by atoms with Gasteiger partial charge in [-0.3, -0.25) is 0 Å². The van der Waals surface area contributed by atoms with E-state index in [0.717, 1.165) is 6.42 Å². The van der Waals surface area contributed by atoms with E-state index in [-0.39, 0.29) is 0 Å². The van der Waals surface area contributed by atoms with Crippen molar-refractivity contribution in [1.82, 2.24) is 10.1 Å². The predicted octanol–water partition coefficient (Wildman–Crippen LogP) is 2.18. The van der Waals surface area contributed by atoms with Crippen LogP contribution < -0.4 is 5.73 Å². The van der Waals surface area contributed by atoms with Gasteiger partial charge >= 0.3 is 0 Å². The Kier molecular flexibility index (Phi) is 4.02. The van der Waals surface area contributed by atoms with Gasteiger partial charge in [-0.1, -0.05) is 19.0 Å². The van der Waals surface area contributed by atoms with Crippen LogP contribution in [-0.4, -0.2) is 23.4 Å². The first-order valence-corrected chi connectivity index (χ1v) is 6.75. The van der Waals surface area contributed by atoms with E-state index >= 15 is 0 Å². The molecule has 102 valence electrons. The Morgan fingerprint density at radius 3 is 2.89 bits per heavy atom. The highest BCUT2D eigenvalue weighted by Gasteiger charge is 2.34. The number of rotatable bonds is 7. The summed E-state index contributed by atoms with van der Waals surface area (Å²) in [6.07, 6.45) is 3.50. The van der Waals surface area contributed by atoms with E-state index in [1.165, 1.54) is 12.8 Å². The standard InChI is InChI=1S/C13H23N3O2/c1-4-7-17-8-13(3,14)12-15-11(18-16-12)9(2)10-5-6-10/h9-10H,4-8,14H2,1-3H3. The third-order valence-corrected chi connectivity index (χ3v) is 3.42. The molecule has 5 nitrogen and oxygen atoms in total. The Morgan fingerprint density at radius 1 is 1.56 bits per heavy atom. The van der Waals surface area contributed by atoms with Crippen LogP contribution in [0.4, 0.5) is 0 Å². The van der Waals surface area contributed by atoms with Gasteiger partial charge in [0.15, 0.2) is 5.82 Å². The Balaban J connectivity index is 1.98. The van der Waals surface area contributed by atoms with Gasteiger partial charge in [0, 0.05) is 12.5 Å². The molecule has 0 spiro atoms. The number of nitrogens with zero attached hydrogens (tertiary/aromatic N) is 2. The number of aromatic nitrogens is 2. The molecule has 2 unspecified atom stereocenters. The fraction of sp³-hybridized carbons (Fsp3) is 0.846. The lowest BCUT2D eigenvalue weighted by Crippen LogP contribution is -2.39. The van der Waals surface area contributed by atoms with E-state index in [9.17, 15) is 0 Å². The van der Waals surface area contributed by atoms with E-state index in [4.69, 9.17) is 15.0 Å². The molecule has 1 aliphatic carbocycles. The van der Waals surface area contributed by atoms with Crippen molar-refractivity contribution in [3.63, 3.8) is 0 Å². The highest BCUT2D eigenvalue weighted by Crippen LogP contribution is 2.41. The summed E-state index contributed by atoms with van der Waals surface area (Å²) in [5, 5.41) is 4.01. The van der Waals surface area contributed by atoms with Crippen LogP contribution in [0, 0.1) is 5.92 Å². The van der Waals surface area contributed by atoms with E-state index in [2.05, 4.69) is 24.0 Å². The summed E-state index contributed by atoms with van der Waals surface area (Å²) in [4.78, 5) is 4.44. The second-order valence-corrected chi connectivity index (χ2v) is 5.55. The first kappa shape index (κ1) is 13.5. The summed E-state index contributed by atoms with van der Waals surface area (Å²) < 4.78 is 10.8. The van der Waals surface area contributed by atoms with Gasteiger partial charge in [0.2, 0.25) is 5.89 Å². The number of ether oxygens (including phenoxy) is 1. The average Bonchev–Trinajstić information content (AvgIpc) is 3.05. The summed E-state index contributed by atoms with van der Waals surface area (Å²) in [6, 6.07) is 0. The van der Waals surface area contributed by atoms with Crippen LogP contribution in [0.25, 0.3) is 0 Å². The van der Waals surface area contributed by atoms with Crippen LogP contribution in [0.3, 0.4) is 0 Å². The van der Waals surface area contributed by atoms with Gasteiger partial charge in [0.1, 0.15) is 5.54 Å². The molecule has 5 heteroatoms. The summed E-state index contributed by atoms with van der Waals surface area (Å²) in [6.45, 7) is 7.20. The van der Waals surface area contributed by atoms with Crippen molar-refractivity contribution in [2.24, 2.45) is 11.7 Å². The van der Waals surface area contributed by atoms with Gasteiger partial charge in [-0.2, -0.15) is 4.98 Å². The smallest absolute Gasteiger partial charge is 0.229 e. The van der Waals surface area contributed by atoms with Gasteiger partial charge in [-0.05, 0) is 32.1 Å². The normalized spacial score (nSPS) is 20.7. The fourth-order valence-electron chi connectivity index (χ4n) is 1.94. The monoisotopic (exact) mass is 253 g/mol. The van der Waals surface area contributed by atoms with Gasteiger partial charge in [0.25, 0.3) is 0 Å². The van der Waals surface area contributed by atoms with E-state index in [0.29, 0.717) is 36.8 Å². The van der Waals surface area contributed by atoms with Crippen molar-refractivity contribution in [2.45, 2.75) is 51.5 Å². The van der Waals surface area contributed by atoms with Crippen LogP contribution in [-0.2, 0) is 10.3 Å². The quantitative estimate of drug-likeness (QED) is 0.754. The Bertz CT molecular complexity index is 385. The fourth-order valence-corrected chi connectivity index (χ4v) is 1.94. The van der Waals surface area contributed by atoms with E-state index in [1.807, 2.05) is 6.92 Å². The molecule has 0 aliphatic heterocycles. The molecule has 1 aliphatic rings. The summed E-state index contributed by atoms with van der Waals surface area (Å²) in [7, 11) is 0. The number of hydrogen-bond acceptors (Lipinski definition) is 5. The van der Waals surface area contributed by atoms with Gasteiger partial charge in [-0.15, -0.1) is 0 Å². The van der Waals surface area contributed by atoms with E-state index < -0.39 is 5.54 Å². The van der Waals surface area contributed by atoms with Crippen LogP contribution in [0.1, 0.15) is 57.7 Å². The van der Waals surface area contributed by atoms with Crippen molar-refractivity contribution < 1.29 is 9.26 Å². The minimum Gasteiger partial charge on any atom is -0.379 e. The molecule has 2 atom stereocenters. The Hall–Kier alpha value is -0.940. The largest absolute Gasteiger partial charge is 0.379 e. The average molecular weight is 253 g/mol. The highest BCUT2D eigenvalue weighted by molar-refractivity contribution is 5.05. The zero-order valence-electron chi connectivity index (χ0n) is 11.5. The third kappa shape index (κ3) is 3.09. The molecular weight excluding hydrogens is 230 g/mol. The zero-order valence-corrected chi connectivity index (χ0v) is 11.5. The third-order valence-electron chi connectivity index (χ3n) is 3.42. The number of hydrogen-bond donors (Lipinski definition) is 1. The van der Waals surface area contributed by atoms with Crippen LogP contribution in [0.2, 0.25) is 0 Å². The van der Waals surface area contributed by atoms with Gasteiger partial charge < -0.3 is 15.0 Å². The maximum Gasteiger partial charge on any atom is 0.229 e. The summed E-state index contributed by atoms with van der Waals surface area (Å²) in [5.74, 6) is 2.30. The number of nitrogens with two attached hydrogens (primary N) is 1.